The van der Waals surface area contributed by atoms with Gasteiger partial charge in [-0.3, -0.25) is 0 Å². The summed E-state index contributed by atoms with van der Waals surface area (Å²) >= 11 is 3.33. The molecule has 0 bridgehead atoms. The van der Waals surface area contributed by atoms with E-state index in [9.17, 15) is 0 Å². The average molecular weight is 204 g/mol. The van der Waals surface area contributed by atoms with Gasteiger partial charge in [-0.1, -0.05) is 19.9 Å². The van der Waals surface area contributed by atoms with Crippen LogP contribution in [0.5, 0.6) is 0 Å². The fourth-order valence-electron chi connectivity index (χ4n) is 0.551. The van der Waals surface area contributed by atoms with Crippen LogP contribution in [-0.2, 0) is 0 Å². The number of rotatable bonds is 0. The average Bonchev–Trinajstić information content (AvgIpc) is 2.00. The Kier molecular flexibility index (Phi) is 5.40. The maximum atomic E-state index is 3.33. The Morgan fingerprint density at radius 2 is 2.10 bits per heavy atom. The van der Waals surface area contributed by atoms with E-state index in [1.807, 2.05) is 26.1 Å². The number of dihydropyridines is 1. The maximum absolute atomic E-state index is 3.33. The van der Waals surface area contributed by atoms with Gasteiger partial charge in [0.05, 0.1) is 0 Å². The zero-order chi connectivity index (χ0) is 7.98. The van der Waals surface area contributed by atoms with Crippen molar-refractivity contribution in [1.82, 2.24) is 5.32 Å². The van der Waals surface area contributed by atoms with Crippen LogP contribution in [0.15, 0.2) is 22.8 Å². The van der Waals surface area contributed by atoms with E-state index >= 15 is 0 Å². The van der Waals surface area contributed by atoms with Gasteiger partial charge in [0.2, 0.25) is 0 Å². The van der Waals surface area contributed by atoms with Crippen LogP contribution in [0, 0.1) is 0 Å². The molecule has 0 aromatic heterocycles. The van der Waals surface area contributed by atoms with Gasteiger partial charge in [-0.05, 0) is 28.9 Å². The third-order valence-corrected chi connectivity index (χ3v) is 1.52. The normalized spacial score (nSPS) is 22.0. The molecule has 1 aliphatic rings. The van der Waals surface area contributed by atoms with Crippen molar-refractivity contribution in [2.45, 2.75) is 26.8 Å². The van der Waals surface area contributed by atoms with Crippen LogP contribution in [0.4, 0.5) is 0 Å². The second-order valence-corrected chi connectivity index (χ2v) is 2.76. The molecule has 1 nitrogen and oxygen atoms in total. The molecule has 0 aliphatic carbocycles. The number of hydrogen-bond acceptors (Lipinski definition) is 1. The highest BCUT2D eigenvalue weighted by molar-refractivity contribution is 9.11. The lowest BCUT2D eigenvalue weighted by molar-refractivity contribution is 0.760. The zero-order valence-electron chi connectivity index (χ0n) is 6.69. The van der Waals surface area contributed by atoms with Crippen LogP contribution in [0.25, 0.3) is 0 Å². The zero-order valence-corrected chi connectivity index (χ0v) is 8.27. The van der Waals surface area contributed by atoms with Crippen LogP contribution >= 0.6 is 15.9 Å². The summed E-state index contributed by atoms with van der Waals surface area (Å²) in [4.78, 5) is 0. The summed E-state index contributed by atoms with van der Waals surface area (Å²) in [5.41, 5.74) is 0. The summed E-state index contributed by atoms with van der Waals surface area (Å²) in [6, 6.07) is 0.483. The molecule has 2 heteroatoms. The first-order valence-electron chi connectivity index (χ1n) is 3.59. The van der Waals surface area contributed by atoms with Gasteiger partial charge >= 0.3 is 0 Å². The first kappa shape index (κ1) is 9.76. The minimum absolute atomic E-state index is 0.483. The highest BCUT2D eigenvalue weighted by atomic mass is 79.9. The Hall–Kier alpha value is -0.240. The Labute approximate surface area is 71.3 Å². The van der Waals surface area contributed by atoms with Crippen molar-refractivity contribution in [3.63, 3.8) is 0 Å². The molecule has 1 atom stereocenters. The molecule has 0 spiro atoms. The van der Waals surface area contributed by atoms with Gasteiger partial charge in [0.15, 0.2) is 0 Å². The molecule has 1 rings (SSSR count). The van der Waals surface area contributed by atoms with Crippen molar-refractivity contribution in [2.75, 3.05) is 0 Å². The number of hydrogen-bond donors (Lipinski definition) is 1. The third-order valence-electron chi connectivity index (χ3n) is 1.03. The van der Waals surface area contributed by atoms with Crippen molar-refractivity contribution in [2.24, 2.45) is 0 Å². The number of nitrogens with one attached hydrogen (secondary N) is 1. The van der Waals surface area contributed by atoms with Gasteiger partial charge < -0.3 is 5.32 Å². The molecule has 58 valence electrons. The van der Waals surface area contributed by atoms with Gasteiger partial charge in [0, 0.05) is 16.7 Å². The Morgan fingerprint density at radius 1 is 1.50 bits per heavy atom. The molecule has 1 unspecified atom stereocenters. The standard InChI is InChI=1S/C6H8BrN.C2H6/c1-5-2-3-6(7)4-8-5;1-2/h2-5,8H,1H3;1-2H3. The molecule has 1 heterocycles. The van der Waals surface area contributed by atoms with Gasteiger partial charge in [0.25, 0.3) is 0 Å². The summed E-state index contributed by atoms with van der Waals surface area (Å²) in [5, 5.41) is 3.14. The van der Waals surface area contributed by atoms with Crippen molar-refractivity contribution in [3.05, 3.63) is 22.8 Å². The van der Waals surface area contributed by atoms with Crippen LogP contribution < -0.4 is 5.32 Å². The van der Waals surface area contributed by atoms with E-state index in [2.05, 4.69) is 34.2 Å². The van der Waals surface area contributed by atoms with E-state index in [4.69, 9.17) is 0 Å². The Balaban J connectivity index is 0.000000371. The maximum Gasteiger partial charge on any atom is 0.0414 e. The molecular formula is C8H14BrN. The molecule has 0 fully saturated rings. The van der Waals surface area contributed by atoms with E-state index in [0.717, 1.165) is 4.48 Å². The van der Waals surface area contributed by atoms with Crippen LogP contribution in [0.2, 0.25) is 0 Å². The molecule has 10 heavy (non-hydrogen) atoms. The molecule has 0 amide bonds. The van der Waals surface area contributed by atoms with E-state index in [0.29, 0.717) is 6.04 Å². The lowest BCUT2D eigenvalue weighted by atomic mass is 10.2. The smallest absolute Gasteiger partial charge is 0.0414 e. The van der Waals surface area contributed by atoms with Crippen LogP contribution in [-0.4, -0.2) is 6.04 Å². The van der Waals surface area contributed by atoms with E-state index in [-0.39, 0.29) is 0 Å². The van der Waals surface area contributed by atoms with Gasteiger partial charge in [-0.15, -0.1) is 0 Å². The summed E-state index contributed by atoms with van der Waals surface area (Å²) in [5.74, 6) is 0. The molecule has 0 radical (unpaired) electrons. The minimum Gasteiger partial charge on any atom is -0.384 e. The van der Waals surface area contributed by atoms with Gasteiger partial charge in [0.1, 0.15) is 0 Å². The predicted octanol–water partition coefficient (Wildman–Crippen LogP) is 2.80. The van der Waals surface area contributed by atoms with E-state index < -0.39 is 0 Å². The monoisotopic (exact) mass is 203 g/mol. The first-order chi connectivity index (χ1) is 4.79. The summed E-state index contributed by atoms with van der Waals surface area (Å²) in [7, 11) is 0. The second-order valence-electron chi connectivity index (χ2n) is 1.84. The summed E-state index contributed by atoms with van der Waals surface area (Å²) < 4.78 is 1.11. The molecule has 0 saturated carbocycles. The highest BCUT2D eigenvalue weighted by Gasteiger charge is 1.96. The Bertz CT molecular complexity index is 138. The lowest BCUT2D eigenvalue weighted by Gasteiger charge is -2.09. The molecular weight excluding hydrogens is 190 g/mol. The summed E-state index contributed by atoms with van der Waals surface area (Å²) in [6.45, 7) is 6.10. The van der Waals surface area contributed by atoms with Crippen LogP contribution in [0.3, 0.4) is 0 Å². The van der Waals surface area contributed by atoms with Crippen molar-refractivity contribution >= 4 is 15.9 Å². The van der Waals surface area contributed by atoms with Crippen molar-refractivity contribution < 1.29 is 0 Å². The van der Waals surface area contributed by atoms with E-state index in [1.54, 1.807) is 0 Å². The largest absolute Gasteiger partial charge is 0.384 e. The van der Waals surface area contributed by atoms with Crippen molar-refractivity contribution in [1.29, 1.82) is 0 Å². The highest BCUT2D eigenvalue weighted by Crippen LogP contribution is 2.09. The molecule has 1 N–H and O–H groups in total. The molecule has 0 saturated heterocycles. The minimum atomic E-state index is 0.483. The fraction of sp³-hybridized carbons (Fsp3) is 0.500. The second kappa shape index (κ2) is 5.54. The third kappa shape index (κ3) is 3.72. The first-order valence-corrected chi connectivity index (χ1v) is 4.38. The van der Waals surface area contributed by atoms with Gasteiger partial charge in [-0.2, -0.15) is 0 Å². The quantitative estimate of drug-likeness (QED) is 0.639. The van der Waals surface area contributed by atoms with Crippen molar-refractivity contribution in [3.8, 4) is 0 Å². The SMILES string of the molecule is CC.CC1C=CC(Br)=CN1. The molecule has 0 aromatic carbocycles. The fourth-order valence-corrected chi connectivity index (χ4v) is 0.836. The Morgan fingerprint density at radius 3 is 2.40 bits per heavy atom. The topological polar surface area (TPSA) is 12.0 Å². The predicted molar refractivity (Wildman–Crippen MR) is 50.1 cm³/mol. The summed E-state index contributed by atoms with van der Waals surface area (Å²) in [6.07, 6.45) is 6.09. The number of halogens is 1. The molecule has 1 aliphatic heterocycles. The van der Waals surface area contributed by atoms with E-state index in [1.165, 1.54) is 0 Å². The van der Waals surface area contributed by atoms with Gasteiger partial charge in [-0.25, -0.2) is 0 Å². The molecule has 0 aromatic rings. The lowest BCUT2D eigenvalue weighted by Crippen LogP contribution is -2.19. The number of allylic oxidation sites excluding steroid dienone is 2. The van der Waals surface area contributed by atoms with Crippen LogP contribution in [0.1, 0.15) is 20.8 Å².